The molecule has 6 nitrogen and oxygen atoms in total. The molecule has 0 amide bonds. The van der Waals surface area contributed by atoms with Crippen LogP contribution in [0.1, 0.15) is 52.9 Å². The molecule has 1 unspecified atom stereocenters. The number of rotatable bonds is 19. The molecule has 11 heteroatoms. The Balaban J connectivity index is 5.31. The Morgan fingerprint density at radius 3 is 1.94 bits per heavy atom. The lowest BCUT2D eigenvalue weighted by Crippen LogP contribution is -2.58. The van der Waals surface area contributed by atoms with Crippen molar-refractivity contribution in [1.29, 1.82) is 0 Å². The van der Waals surface area contributed by atoms with Gasteiger partial charge in [0.15, 0.2) is 8.32 Å². The SMILES string of the molecule is C=C(C)C(=O)OCCC[Si](C)(O[Si](C)(C)O[SiH2]CCCC)O[Si](C)(C)O[Si](C)(C)CCCC. The topological polar surface area (TPSA) is 63.2 Å². The Kier molecular flexibility index (Phi) is 15.4. The summed E-state index contributed by atoms with van der Waals surface area (Å²) in [6.45, 7) is 25.4. The normalized spacial score (nSPS) is 15.1. The lowest BCUT2D eigenvalue weighted by molar-refractivity contribution is -0.138. The summed E-state index contributed by atoms with van der Waals surface area (Å²) in [5, 5.41) is 0. The van der Waals surface area contributed by atoms with Crippen molar-refractivity contribution < 1.29 is 26.0 Å². The predicted molar refractivity (Wildman–Crippen MR) is 152 cm³/mol. The van der Waals surface area contributed by atoms with Crippen molar-refractivity contribution in [3.63, 3.8) is 0 Å². The third kappa shape index (κ3) is 16.4. The number of hydrogen-bond acceptors (Lipinski definition) is 6. The first kappa shape index (κ1) is 33.1. The quantitative estimate of drug-likeness (QED) is 0.0806. The van der Waals surface area contributed by atoms with E-state index in [1.807, 2.05) is 0 Å². The van der Waals surface area contributed by atoms with Gasteiger partial charge in [-0.05, 0) is 77.3 Å². The van der Waals surface area contributed by atoms with Gasteiger partial charge in [-0.15, -0.1) is 0 Å². The van der Waals surface area contributed by atoms with Gasteiger partial charge in [0.05, 0.1) is 6.61 Å². The van der Waals surface area contributed by atoms with Crippen LogP contribution in [0.15, 0.2) is 12.2 Å². The highest BCUT2D eigenvalue weighted by atomic mass is 28.5. The summed E-state index contributed by atoms with van der Waals surface area (Å²) in [4.78, 5) is 11.7. The zero-order valence-electron chi connectivity index (χ0n) is 23.2. The Hall–Kier alpha value is 0.134. The number of ether oxygens (including phenoxy) is 1. The second kappa shape index (κ2) is 15.3. The molecule has 0 spiro atoms. The number of esters is 1. The number of unbranched alkanes of at least 4 members (excludes halogenated alkanes) is 2. The van der Waals surface area contributed by atoms with Gasteiger partial charge >= 0.3 is 31.7 Å². The van der Waals surface area contributed by atoms with Crippen molar-refractivity contribution in [1.82, 2.24) is 0 Å². The van der Waals surface area contributed by atoms with Crippen molar-refractivity contribution in [3.8, 4) is 0 Å². The van der Waals surface area contributed by atoms with Crippen LogP contribution in [0.5, 0.6) is 0 Å². The molecule has 0 saturated heterocycles. The minimum Gasteiger partial charge on any atom is -0.462 e. The maximum atomic E-state index is 11.7. The summed E-state index contributed by atoms with van der Waals surface area (Å²) in [5.41, 5.74) is 0.419. The molecule has 1 atom stereocenters. The van der Waals surface area contributed by atoms with Gasteiger partial charge in [-0.3, -0.25) is 0 Å². The van der Waals surface area contributed by atoms with Crippen LogP contribution in [0.2, 0.25) is 64.0 Å². The van der Waals surface area contributed by atoms with E-state index in [1.54, 1.807) is 6.92 Å². The lowest BCUT2D eigenvalue weighted by atomic mass is 10.4. The summed E-state index contributed by atoms with van der Waals surface area (Å²) in [7, 11) is -9.73. The third-order valence-electron chi connectivity index (χ3n) is 5.13. The monoisotopic (exact) mass is 552 g/mol. The van der Waals surface area contributed by atoms with Crippen LogP contribution in [0.25, 0.3) is 0 Å². The molecule has 0 rings (SSSR count). The average Bonchev–Trinajstić information content (AvgIpc) is 2.64. The second-order valence-electron chi connectivity index (χ2n) is 10.7. The summed E-state index contributed by atoms with van der Waals surface area (Å²) in [6, 6.07) is 3.07. The van der Waals surface area contributed by atoms with Crippen LogP contribution in [0.4, 0.5) is 0 Å². The largest absolute Gasteiger partial charge is 0.462 e. The first-order valence-electron chi connectivity index (χ1n) is 12.6. The van der Waals surface area contributed by atoms with Crippen molar-refractivity contribution in [2.24, 2.45) is 0 Å². The molecule has 0 aliphatic heterocycles. The van der Waals surface area contributed by atoms with E-state index in [0.29, 0.717) is 18.6 Å². The summed E-state index contributed by atoms with van der Waals surface area (Å²) in [5.74, 6) is -0.345. The molecule has 0 heterocycles. The maximum absolute atomic E-state index is 11.7. The van der Waals surface area contributed by atoms with E-state index in [0.717, 1.165) is 12.1 Å². The van der Waals surface area contributed by atoms with Crippen LogP contribution >= 0.6 is 0 Å². The fourth-order valence-electron chi connectivity index (χ4n) is 3.88. The molecule has 33 heavy (non-hydrogen) atoms. The molecule has 0 aliphatic rings. The third-order valence-corrected chi connectivity index (χ3v) is 23.9. The van der Waals surface area contributed by atoms with Gasteiger partial charge in [0.2, 0.25) is 0 Å². The molecule has 0 radical (unpaired) electrons. The fraction of sp³-hybridized carbons (Fsp3) is 0.864. The second-order valence-corrected chi connectivity index (χ2v) is 27.8. The summed E-state index contributed by atoms with van der Waals surface area (Å²) in [6.07, 6.45) is 5.49. The van der Waals surface area contributed by atoms with Gasteiger partial charge in [-0.1, -0.05) is 46.1 Å². The molecule has 0 aromatic rings. The highest BCUT2D eigenvalue weighted by Gasteiger charge is 2.46. The van der Waals surface area contributed by atoms with E-state index in [2.05, 4.69) is 66.3 Å². The molecular formula is C22H52O6Si5. The summed E-state index contributed by atoms with van der Waals surface area (Å²) >= 11 is 0. The van der Waals surface area contributed by atoms with Crippen molar-refractivity contribution in [3.05, 3.63) is 12.2 Å². The van der Waals surface area contributed by atoms with Gasteiger partial charge in [-0.25, -0.2) is 4.79 Å². The zero-order valence-corrected chi connectivity index (χ0v) is 28.6. The highest BCUT2D eigenvalue weighted by molar-refractivity contribution is 6.89. The molecular weight excluding hydrogens is 501 g/mol. The van der Waals surface area contributed by atoms with Crippen LogP contribution < -0.4 is 0 Å². The van der Waals surface area contributed by atoms with Crippen molar-refractivity contribution >= 4 is 49.7 Å². The van der Waals surface area contributed by atoms with Crippen molar-refractivity contribution in [2.75, 3.05) is 6.61 Å². The predicted octanol–water partition coefficient (Wildman–Crippen LogP) is 6.35. The Bertz CT molecular complexity index is 600. The molecule has 0 bridgehead atoms. The average molecular weight is 553 g/mol. The molecule has 0 N–H and O–H groups in total. The Morgan fingerprint density at radius 2 is 1.39 bits per heavy atom. The van der Waals surface area contributed by atoms with Crippen molar-refractivity contribution in [2.45, 2.75) is 117 Å². The molecule has 0 fully saturated rings. The first-order chi connectivity index (χ1) is 15.1. The standard InChI is InChI=1S/C22H52O6Si5/c1-12-14-18-29-25-31(7,8)27-33(11,20-16-17-24-22(23)21(3)4)28-32(9,10)26-30(5,6)19-15-13-2/h3,12-20,29H2,1-2,4-11H3. The van der Waals surface area contributed by atoms with E-state index in [-0.39, 0.29) is 5.97 Å². The number of hydrogen-bond donors (Lipinski definition) is 0. The van der Waals surface area contributed by atoms with Gasteiger partial charge in [-0.2, -0.15) is 0 Å². The van der Waals surface area contributed by atoms with Gasteiger partial charge in [0.1, 0.15) is 9.76 Å². The van der Waals surface area contributed by atoms with Gasteiger partial charge in [0.25, 0.3) is 0 Å². The van der Waals surface area contributed by atoms with Crippen LogP contribution in [0.3, 0.4) is 0 Å². The van der Waals surface area contributed by atoms with E-state index in [4.69, 9.17) is 21.2 Å². The molecule has 0 aliphatic carbocycles. The maximum Gasteiger partial charge on any atom is 0.333 e. The first-order valence-corrected chi connectivity index (χ1v) is 25.5. The zero-order chi connectivity index (χ0) is 25.8. The fourth-order valence-corrected chi connectivity index (χ4v) is 25.8. The number of carbonyl (C=O) groups is 1. The van der Waals surface area contributed by atoms with E-state index >= 15 is 0 Å². The van der Waals surface area contributed by atoms with E-state index < -0.39 is 43.8 Å². The van der Waals surface area contributed by atoms with Crippen LogP contribution in [-0.4, -0.2) is 56.3 Å². The smallest absolute Gasteiger partial charge is 0.333 e. The summed E-state index contributed by atoms with van der Waals surface area (Å²) < 4.78 is 32.0. The van der Waals surface area contributed by atoms with Crippen LogP contribution in [-0.2, 0) is 26.0 Å². The minimum atomic E-state index is -2.61. The minimum absolute atomic E-state index is 0.342. The molecule has 0 saturated carbocycles. The van der Waals surface area contributed by atoms with Crippen LogP contribution in [0, 0.1) is 0 Å². The van der Waals surface area contributed by atoms with Gasteiger partial charge < -0.3 is 21.2 Å². The highest BCUT2D eigenvalue weighted by Crippen LogP contribution is 2.29. The van der Waals surface area contributed by atoms with E-state index in [9.17, 15) is 4.79 Å². The lowest BCUT2D eigenvalue weighted by Gasteiger charge is -2.42. The molecule has 196 valence electrons. The molecule has 0 aromatic heterocycles. The number of carbonyl (C=O) groups excluding carboxylic acids is 1. The Morgan fingerprint density at radius 1 is 0.818 bits per heavy atom. The molecule has 0 aromatic carbocycles. The van der Waals surface area contributed by atoms with E-state index in [1.165, 1.54) is 31.7 Å². The Labute approximate surface area is 211 Å². The van der Waals surface area contributed by atoms with Gasteiger partial charge in [0, 0.05) is 5.57 Å².